The van der Waals surface area contributed by atoms with Crippen LogP contribution in [-0.2, 0) is 51.5 Å². The van der Waals surface area contributed by atoms with E-state index in [4.69, 9.17) is 14.2 Å². The molecule has 1 aromatic carbocycles. The van der Waals surface area contributed by atoms with E-state index in [9.17, 15) is 27.6 Å². The zero-order valence-corrected chi connectivity index (χ0v) is 23.1. The van der Waals surface area contributed by atoms with E-state index in [0.717, 1.165) is 16.7 Å². The van der Waals surface area contributed by atoms with Crippen LogP contribution >= 0.6 is 0 Å². The van der Waals surface area contributed by atoms with Gasteiger partial charge in [-0.3, -0.25) is 23.4 Å². The molecule has 1 fully saturated rings. The van der Waals surface area contributed by atoms with Crippen LogP contribution in [-0.4, -0.2) is 49.5 Å². The van der Waals surface area contributed by atoms with E-state index < -0.39 is 34.9 Å². The number of nitrogens with zero attached hydrogens (tertiary/aromatic N) is 5. The third-order valence-electron chi connectivity index (χ3n) is 7.04. The highest BCUT2D eigenvalue weighted by Crippen LogP contribution is 2.30. The number of rotatable bonds is 9. The lowest BCUT2D eigenvalue weighted by atomic mass is 10.1. The van der Waals surface area contributed by atoms with Crippen molar-refractivity contribution in [1.82, 2.24) is 23.5 Å². The van der Waals surface area contributed by atoms with Gasteiger partial charge in [-0.1, -0.05) is 19.1 Å². The molecular formula is C28H30F3N5O6. The molecule has 4 heterocycles. The summed E-state index contributed by atoms with van der Waals surface area (Å²) in [6.07, 6.45) is -0.799. The number of halogens is 3. The number of aryl methyl sites for hydroxylation is 1. The van der Waals surface area contributed by atoms with Gasteiger partial charge in [0.2, 0.25) is 0 Å². The molecule has 1 aliphatic rings. The number of esters is 1. The Bertz CT molecular complexity index is 1710. The van der Waals surface area contributed by atoms with E-state index in [2.05, 4.69) is 5.10 Å². The fourth-order valence-electron chi connectivity index (χ4n) is 5.01. The van der Waals surface area contributed by atoms with Gasteiger partial charge < -0.3 is 18.8 Å². The Morgan fingerprint density at radius 2 is 1.86 bits per heavy atom. The Labute approximate surface area is 237 Å². The third-order valence-corrected chi connectivity index (χ3v) is 7.04. The molecule has 1 aliphatic heterocycles. The van der Waals surface area contributed by atoms with E-state index in [1.54, 1.807) is 25.3 Å². The number of hydrogen-bond acceptors (Lipinski definition) is 7. The number of hydrogen-bond donors (Lipinski definition) is 0. The van der Waals surface area contributed by atoms with Crippen molar-refractivity contribution in [3.8, 4) is 11.3 Å². The van der Waals surface area contributed by atoms with Gasteiger partial charge in [-0.25, -0.2) is 4.79 Å². The molecule has 0 bridgehead atoms. The topological polar surface area (TPSA) is 112 Å². The molecule has 224 valence electrons. The van der Waals surface area contributed by atoms with Crippen LogP contribution in [0.4, 0.5) is 13.2 Å². The van der Waals surface area contributed by atoms with Crippen molar-refractivity contribution in [1.29, 1.82) is 0 Å². The summed E-state index contributed by atoms with van der Waals surface area (Å²) >= 11 is 0. The number of aromatic nitrogens is 5. The molecule has 0 atom stereocenters. The second-order valence-corrected chi connectivity index (χ2v) is 9.95. The standard InChI is InChI=1S/C28H30F3N5O6/c1-3-8-35-25(37)24-23(34(4-2)27(35)39)10-22(36(24)16-42-26(38)20-14-40-17-41-15-20)19-11-32-33(13-19)12-18-6-5-7-21(9-18)28(29,30)31/h5-7,9-11,13,20H,3-4,8,12,14-17H2,1-2H3. The van der Waals surface area contributed by atoms with E-state index in [1.807, 2.05) is 6.92 Å². The van der Waals surface area contributed by atoms with Gasteiger partial charge in [0.05, 0.1) is 42.7 Å². The number of fused-ring (bicyclic) bond motifs is 1. The summed E-state index contributed by atoms with van der Waals surface area (Å²) in [5.41, 5.74) is 0.151. The highest BCUT2D eigenvalue weighted by molar-refractivity contribution is 5.83. The zero-order chi connectivity index (χ0) is 30.0. The lowest BCUT2D eigenvalue weighted by Gasteiger charge is -2.21. The van der Waals surface area contributed by atoms with Gasteiger partial charge in [0.25, 0.3) is 5.56 Å². The quantitative estimate of drug-likeness (QED) is 0.275. The molecule has 5 rings (SSSR count). The highest BCUT2D eigenvalue weighted by Gasteiger charge is 2.30. The van der Waals surface area contributed by atoms with Crippen LogP contribution in [0, 0.1) is 5.92 Å². The van der Waals surface area contributed by atoms with Gasteiger partial charge in [-0.2, -0.15) is 18.3 Å². The molecule has 0 aliphatic carbocycles. The smallest absolute Gasteiger partial charge is 0.416 e. The summed E-state index contributed by atoms with van der Waals surface area (Å²) in [6.45, 7) is 4.22. The minimum Gasteiger partial charge on any atom is -0.444 e. The molecule has 0 saturated carbocycles. The minimum absolute atomic E-state index is 0.0593. The molecule has 0 radical (unpaired) electrons. The minimum atomic E-state index is -4.47. The highest BCUT2D eigenvalue weighted by atomic mass is 19.4. The first kappa shape index (κ1) is 29.3. The lowest BCUT2D eigenvalue weighted by molar-refractivity contribution is -0.174. The Morgan fingerprint density at radius 1 is 1.10 bits per heavy atom. The molecule has 0 amide bonds. The maximum atomic E-state index is 13.6. The summed E-state index contributed by atoms with van der Waals surface area (Å²) in [4.78, 5) is 39.6. The Balaban J connectivity index is 1.57. The number of carbonyl (C=O) groups excluding carboxylic acids is 1. The van der Waals surface area contributed by atoms with Gasteiger partial charge in [0, 0.05) is 24.8 Å². The first-order chi connectivity index (χ1) is 20.1. The van der Waals surface area contributed by atoms with Crippen molar-refractivity contribution in [2.24, 2.45) is 5.92 Å². The zero-order valence-electron chi connectivity index (χ0n) is 23.1. The molecular weight excluding hydrogens is 559 g/mol. The second kappa shape index (κ2) is 12.0. The van der Waals surface area contributed by atoms with Crippen molar-refractivity contribution in [2.45, 2.75) is 52.8 Å². The Morgan fingerprint density at radius 3 is 2.55 bits per heavy atom. The average Bonchev–Trinajstić information content (AvgIpc) is 3.59. The largest absolute Gasteiger partial charge is 0.444 e. The predicted octanol–water partition coefficient (Wildman–Crippen LogP) is 3.45. The van der Waals surface area contributed by atoms with Crippen molar-refractivity contribution in [3.05, 3.63) is 74.7 Å². The van der Waals surface area contributed by atoms with Gasteiger partial charge in [0.15, 0.2) is 6.73 Å². The monoisotopic (exact) mass is 589 g/mol. The van der Waals surface area contributed by atoms with Crippen LogP contribution in [0.15, 0.2) is 52.3 Å². The normalized spacial score (nSPS) is 14.5. The Hall–Kier alpha value is -4.17. The van der Waals surface area contributed by atoms with Crippen LogP contribution in [0.1, 0.15) is 31.4 Å². The van der Waals surface area contributed by atoms with Gasteiger partial charge >= 0.3 is 17.8 Å². The number of carbonyl (C=O) groups is 1. The predicted molar refractivity (Wildman–Crippen MR) is 145 cm³/mol. The Kier molecular flexibility index (Phi) is 8.36. The molecule has 14 heteroatoms. The number of ether oxygens (including phenoxy) is 3. The molecule has 42 heavy (non-hydrogen) atoms. The molecule has 1 saturated heterocycles. The maximum Gasteiger partial charge on any atom is 0.416 e. The molecule has 3 aromatic heterocycles. The summed E-state index contributed by atoms with van der Waals surface area (Å²) in [5, 5.41) is 4.32. The van der Waals surface area contributed by atoms with Crippen LogP contribution in [0.3, 0.4) is 0 Å². The van der Waals surface area contributed by atoms with E-state index in [-0.39, 0.29) is 51.9 Å². The fourth-order valence-corrected chi connectivity index (χ4v) is 5.01. The summed E-state index contributed by atoms with van der Waals surface area (Å²) in [5.74, 6) is -1.20. The lowest BCUT2D eigenvalue weighted by Crippen LogP contribution is -2.40. The molecule has 11 nitrogen and oxygen atoms in total. The van der Waals surface area contributed by atoms with Gasteiger partial charge in [0.1, 0.15) is 18.2 Å². The number of alkyl halides is 3. The SMILES string of the molecule is CCCn1c(=O)c2c(cc(-c3cnn(Cc4cccc(C(F)(F)F)c4)c3)n2COC(=O)C2COCOC2)n(CC)c1=O. The van der Waals surface area contributed by atoms with Crippen molar-refractivity contribution >= 4 is 17.0 Å². The summed E-state index contributed by atoms with van der Waals surface area (Å²) in [7, 11) is 0. The summed E-state index contributed by atoms with van der Waals surface area (Å²) in [6, 6.07) is 6.63. The maximum absolute atomic E-state index is 13.6. The third kappa shape index (κ3) is 5.77. The van der Waals surface area contributed by atoms with E-state index in [0.29, 0.717) is 28.8 Å². The van der Waals surface area contributed by atoms with Crippen molar-refractivity contribution in [3.63, 3.8) is 0 Å². The van der Waals surface area contributed by atoms with Crippen LogP contribution in [0.5, 0.6) is 0 Å². The average molecular weight is 590 g/mol. The van der Waals surface area contributed by atoms with Crippen LogP contribution < -0.4 is 11.2 Å². The van der Waals surface area contributed by atoms with Crippen molar-refractivity contribution in [2.75, 3.05) is 20.0 Å². The van der Waals surface area contributed by atoms with Gasteiger partial charge in [-0.15, -0.1) is 0 Å². The molecule has 0 N–H and O–H groups in total. The van der Waals surface area contributed by atoms with E-state index in [1.165, 1.54) is 26.1 Å². The molecule has 4 aromatic rings. The number of benzene rings is 1. The van der Waals surface area contributed by atoms with Crippen LogP contribution in [0.25, 0.3) is 22.3 Å². The second-order valence-electron chi connectivity index (χ2n) is 9.95. The summed E-state index contributed by atoms with van der Waals surface area (Å²) < 4.78 is 61.2. The fraction of sp³-hybridized carbons (Fsp3) is 0.429. The molecule has 0 spiro atoms. The first-order valence-electron chi connectivity index (χ1n) is 13.5. The van der Waals surface area contributed by atoms with Gasteiger partial charge in [-0.05, 0) is 37.1 Å². The first-order valence-corrected chi connectivity index (χ1v) is 13.5. The van der Waals surface area contributed by atoms with Crippen LogP contribution in [0.2, 0.25) is 0 Å². The molecule has 0 unspecified atom stereocenters. The van der Waals surface area contributed by atoms with E-state index >= 15 is 0 Å². The van der Waals surface area contributed by atoms with Crippen molar-refractivity contribution < 1.29 is 32.2 Å².